The lowest BCUT2D eigenvalue weighted by molar-refractivity contribution is 0.0732. The van der Waals surface area contributed by atoms with E-state index in [1.807, 2.05) is 25.7 Å². The summed E-state index contributed by atoms with van der Waals surface area (Å²) in [4.78, 5) is 49.2. The molecule has 3 aromatic rings. The third-order valence-electron chi connectivity index (χ3n) is 10.6. The lowest BCUT2D eigenvalue weighted by atomic mass is 9.92. The van der Waals surface area contributed by atoms with Gasteiger partial charge in [-0.05, 0) is 82.5 Å². The monoisotopic (exact) mass is 708 g/mol. The van der Waals surface area contributed by atoms with Crippen LogP contribution in [-0.4, -0.2) is 114 Å². The number of nitrogens with zero attached hydrogens (tertiary/aromatic N) is 5. The van der Waals surface area contributed by atoms with Crippen molar-refractivity contribution in [2.24, 2.45) is 0 Å². The van der Waals surface area contributed by atoms with Gasteiger partial charge in [0, 0.05) is 82.2 Å². The zero-order chi connectivity index (χ0) is 36.1. The van der Waals surface area contributed by atoms with E-state index in [9.17, 15) is 22.8 Å². The van der Waals surface area contributed by atoms with Crippen LogP contribution in [0.4, 0.5) is 11.4 Å². The smallest absolute Gasteiger partial charge is 0.341 e. The average Bonchev–Trinajstić information content (AvgIpc) is 3.51. The first kappa shape index (κ1) is 35.8. The van der Waals surface area contributed by atoms with E-state index in [1.165, 1.54) is 20.2 Å². The maximum absolute atomic E-state index is 14.0. The molecule has 3 aliphatic rings. The fourth-order valence-electron chi connectivity index (χ4n) is 7.62. The van der Waals surface area contributed by atoms with Crippen molar-refractivity contribution in [3.05, 3.63) is 68.1 Å². The predicted molar refractivity (Wildman–Crippen MR) is 193 cm³/mol. The number of hydrogen-bond donors (Lipinski definition) is 1. The second-order valence-corrected chi connectivity index (χ2v) is 15.9. The van der Waals surface area contributed by atoms with Gasteiger partial charge in [0.15, 0.2) is 0 Å². The second kappa shape index (κ2) is 14.0. The van der Waals surface area contributed by atoms with Crippen LogP contribution < -0.4 is 20.1 Å². The highest BCUT2D eigenvalue weighted by atomic mass is 32.2. The predicted octanol–water partition coefficient (Wildman–Crippen LogP) is 2.90. The first-order chi connectivity index (χ1) is 23.7. The lowest BCUT2D eigenvalue weighted by Crippen LogP contribution is -2.53. The molecule has 2 atom stereocenters. The number of aryl methyl sites for hydroxylation is 2. The van der Waals surface area contributed by atoms with Crippen LogP contribution in [0.3, 0.4) is 0 Å². The van der Waals surface area contributed by atoms with Crippen molar-refractivity contribution in [3.8, 4) is 0 Å². The molecule has 0 bridgehead atoms. The standard InChI is InChI=1S/C36H48N6O7S/c1-22-17-30(40-16-15-39(6)26(19-40)21-48-7)24(3)33-32(22)27-12-14-41(20-29(27)36(45)49-33)35(44)25-10-11-28(34(43)37-50(46,47)38(4)5)31(18-25)42-13-8-9-23(42)2/h10-11,17-18,23,26H,8-9,12-16,19-21H2,1-7H3,(H,37,43)/t23-,26-/m1/s1. The van der Waals surface area contributed by atoms with Crippen LogP contribution in [0.2, 0.25) is 0 Å². The Morgan fingerprint density at radius 2 is 1.82 bits per heavy atom. The van der Waals surface area contributed by atoms with Gasteiger partial charge in [0.2, 0.25) is 0 Å². The maximum Gasteiger partial charge on any atom is 0.341 e. The second-order valence-electron chi connectivity index (χ2n) is 14.0. The van der Waals surface area contributed by atoms with E-state index in [0.717, 1.165) is 64.5 Å². The molecule has 2 saturated heterocycles. The van der Waals surface area contributed by atoms with Gasteiger partial charge in [-0.2, -0.15) is 12.7 Å². The highest BCUT2D eigenvalue weighted by Crippen LogP contribution is 2.37. The van der Waals surface area contributed by atoms with E-state index in [2.05, 4.69) is 27.6 Å². The quantitative estimate of drug-likeness (QED) is 0.348. The molecule has 6 rings (SSSR count). The number of piperazine rings is 1. The molecule has 4 heterocycles. The summed E-state index contributed by atoms with van der Waals surface area (Å²) in [7, 11) is 2.50. The molecule has 0 saturated carbocycles. The van der Waals surface area contributed by atoms with Gasteiger partial charge in [0.25, 0.3) is 11.8 Å². The summed E-state index contributed by atoms with van der Waals surface area (Å²) in [6, 6.07) is 7.28. The topological polar surface area (TPSA) is 136 Å². The molecule has 0 unspecified atom stereocenters. The highest BCUT2D eigenvalue weighted by Gasteiger charge is 2.32. The molecule has 13 nitrogen and oxygen atoms in total. The Morgan fingerprint density at radius 1 is 1.06 bits per heavy atom. The molecular formula is C36H48N6O7S. The van der Waals surface area contributed by atoms with Crippen LogP contribution in [0.1, 0.15) is 62.7 Å². The third-order valence-corrected chi connectivity index (χ3v) is 12.0. The summed E-state index contributed by atoms with van der Waals surface area (Å²) in [6.45, 7) is 10.5. The number of methoxy groups -OCH3 is 1. The van der Waals surface area contributed by atoms with Crippen molar-refractivity contribution in [3.63, 3.8) is 0 Å². The van der Waals surface area contributed by atoms with Gasteiger partial charge in [-0.15, -0.1) is 0 Å². The first-order valence-corrected chi connectivity index (χ1v) is 18.6. The van der Waals surface area contributed by atoms with Gasteiger partial charge >= 0.3 is 15.8 Å². The number of ether oxygens (including phenoxy) is 1. The van der Waals surface area contributed by atoms with Gasteiger partial charge in [-0.3, -0.25) is 14.5 Å². The number of carbonyl (C=O) groups is 2. The summed E-state index contributed by atoms with van der Waals surface area (Å²) in [6.07, 6.45) is 2.31. The third kappa shape index (κ3) is 6.61. The molecule has 1 N–H and O–H groups in total. The van der Waals surface area contributed by atoms with Crippen LogP contribution in [-0.2, 0) is 27.9 Å². The summed E-state index contributed by atoms with van der Waals surface area (Å²) in [5.41, 5.74) is 5.59. The van der Waals surface area contributed by atoms with E-state index in [4.69, 9.17) is 9.15 Å². The molecule has 1 aromatic heterocycles. The van der Waals surface area contributed by atoms with E-state index in [-0.39, 0.29) is 30.1 Å². The number of carbonyl (C=O) groups excluding carboxylic acids is 2. The van der Waals surface area contributed by atoms with Crippen LogP contribution in [0.5, 0.6) is 0 Å². The molecule has 270 valence electrons. The minimum absolute atomic E-state index is 0.0998. The van der Waals surface area contributed by atoms with Crippen molar-refractivity contribution >= 4 is 44.4 Å². The molecule has 0 radical (unpaired) electrons. The van der Waals surface area contributed by atoms with Crippen molar-refractivity contribution in [2.75, 3.05) is 77.4 Å². The minimum Gasteiger partial charge on any atom is -0.422 e. The number of likely N-dealkylation sites (N-methyl/N-ethyl adjacent to an activating group) is 1. The summed E-state index contributed by atoms with van der Waals surface area (Å²) >= 11 is 0. The Bertz CT molecular complexity index is 1990. The molecule has 0 spiro atoms. The number of anilines is 2. The molecule has 2 fully saturated rings. The van der Waals surface area contributed by atoms with Crippen LogP contribution in [0.25, 0.3) is 11.0 Å². The lowest BCUT2D eigenvalue weighted by Gasteiger charge is -2.41. The van der Waals surface area contributed by atoms with Crippen molar-refractivity contribution in [1.82, 2.24) is 18.8 Å². The van der Waals surface area contributed by atoms with Crippen molar-refractivity contribution < 1.29 is 27.2 Å². The zero-order valence-electron chi connectivity index (χ0n) is 30.0. The normalized spacial score (nSPS) is 20.1. The van der Waals surface area contributed by atoms with Gasteiger partial charge in [0.05, 0.1) is 36.0 Å². The Balaban J connectivity index is 1.30. The van der Waals surface area contributed by atoms with E-state index in [0.29, 0.717) is 48.5 Å². The SMILES string of the molecule is COC[C@H]1CN(c2cc(C)c3c4c(c(=O)oc3c2C)CN(C(=O)c2ccc(C(=O)NS(=O)(=O)N(C)C)c(N3CCC[C@H]3C)c2)CC4)CCN1C. The summed E-state index contributed by atoms with van der Waals surface area (Å²) in [5.74, 6) is -1.04. The number of amides is 2. The number of hydrogen-bond acceptors (Lipinski definition) is 10. The van der Waals surface area contributed by atoms with Crippen molar-refractivity contribution in [2.45, 2.75) is 58.7 Å². The molecule has 2 aromatic carbocycles. The fraction of sp³-hybridized carbons (Fsp3) is 0.528. The maximum atomic E-state index is 14.0. The largest absolute Gasteiger partial charge is 0.422 e. The Labute approximate surface area is 293 Å². The Hall–Kier alpha value is -3.98. The van der Waals surface area contributed by atoms with E-state index < -0.39 is 21.7 Å². The summed E-state index contributed by atoms with van der Waals surface area (Å²) < 4.78 is 39.5. The van der Waals surface area contributed by atoms with Crippen molar-refractivity contribution in [1.29, 1.82) is 0 Å². The van der Waals surface area contributed by atoms with E-state index in [1.54, 1.807) is 24.1 Å². The summed E-state index contributed by atoms with van der Waals surface area (Å²) in [5, 5.41) is 0.934. The Morgan fingerprint density at radius 3 is 2.50 bits per heavy atom. The van der Waals surface area contributed by atoms with Gasteiger partial charge in [-0.1, -0.05) is 0 Å². The van der Waals surface area contributed by atoms with Gasteiger partial charge in [-0.25, -0.2) is 9.52 Å². The number of benzene rings is 2. The first-order valence-electron chi connectivity index (χ1n) is 17.2. The highest BCUT2D eigenvalue weighted by molar-refractivity contribution is 7.87. The molecule has 14 heteroatoms. The zero-order valence-corrected chi connectivity index (χ0v) is 30.9. The van der Waals surface area contributed by atoms with Gasteiger partial charge in [0.1, 0.15) is 5.58 Å². The number of rotatable bonds is 8. The molecule has 2 amide bonds. The van der Waals surface area contributed by atoms with Gasteiger partial charge < -0.3 is 23.9 Å². The average molecular weight is 709 g/mol. The van der Waals surface area contributed by atoms with Crippen LogP contribution in [0.15, 0.2) is 33.5 Å². The Kier molecular flexibility index (Phi) is 10.0. The number of nitrogens with one attached hydrogen (secondary N) is 1. The molecular weight excluding hydrogens is 660 g/mol. The fourth-order valence-corrected chi connectivity index (χ4v) is 8.15. The molecule has 3 aliphatic heterocycles. The number of fused-ring (bicyclic) bond motifs is 3. The van der Waals surface area contributed by atoms with E-state index >= 15 is 0 Å². The molecule has 0 aliphatic carbocycles. The molecule has 50 heavy (non-hydrogen) atoms. The van der Waals surface area contributed by atoms with Crippen LogP contribution in [0, 0.1) is 13.8 Å². The minimum atomic E-state index is -4.02. The van der Waals surface area contributed by atoms with Crippen LogP contribution >= 0.6 is 0 Å².